The normalized spacial score (nSPS) is 14.9. The van der Waals surface area contributed by atoms with Crippen LogP contribution in [0, 0.1) is 0 Å². The molecule has 0 saturated carbocycles. The number of amides is 1. The smallest absolute Gasteiger partial charge is 0.405 e. The number of nitrogens with one attached hydrogen (secondary N) is 1. The van der Waals surface area contributed by atoms with Crippen LogP contribution in [0.15, 0.2) is 24.5 Å². The average molecular weight is 274 g/mol. The second-order valence-electron chi connectivity index (χ2n) is 4.63. The van der Waals surface area contributed by atoms with Crippen LogP contribution < -0.4 is 15.0 Å². The summed E-state index contributed by atoms with van der Waals surface area (Å²) in [4.78, 5) is 21.1. The van der Waals surface area contributed by atoms with E-state index in [1.807, 2.05) is 23.1 Å². The molecule has 0 aliphatic carbocycles. The van der Waals surface area contributed by atoms with Crippen LogP contribution in [0.3, 0.4) is 0 Å². The summed E-state index contributed by atoms with van der Waals surface area (Å²) in [5.74, 6) is 1.55. The molecule has 1 saturated heterocycles. The molecule has 0 radical (unpaired) electrons. The van der Waals surface area contributed by atoms with Gasteiger partial charge in [-0.3, -0.25) is 0 Å². The molecule has 2 aromatic rings. The topological polar surface area (TPSA) is 87.6 Å². The van der Waals surface area contributed by atoms with E-state index in [2.05, 4.69) is 15.3 Å². The van der Waals surface area contributed by atoms with Gasteiger partial charge in [0.15, 0.2) is 0 Å². The maximum Gasteiger partial charge on any atom is 0.405 e. The molecule has 1 aliphatic rings. The molecule has 7 heteroatoms. The third-order valence-electron chi connectivity index (χ3n) is 3.33. The first-order chi connectivity index (χ1) is 9.67. The lowest BCUT2D eigenvalue weighted by molar-refractivity contribution is 0.187. The fraction of sp³-hybridized carbons (Fsp3) is 0.308. The summed E-state index contributed by atoms with van der Waals surface area (Å²) in [6.45, 7) is 1.21. The fourth-order valence-corrected chi connectivity index (χ4v) is 2.32. The van der Waals surface area contributed by atoms with Crippen molar-refractivity contribution in [1.82, 2.24) is 15.3 Å². The van der Waals surface area contributed by atoms with Gasteiger partial charge >= 0.3 is 6.09 Å². The minimum Gasteiger partial charge on any atom is -0.497 e. The van der Waals surface area contributed by atoms with E-state index in [-0.39, 0.29) is 6.04 Å². The van der Waals surface area contributed by atoms with Crippen LogP contribution in [0.25, 0.3) is 10.9 Å². The Bertz CT molecular complexity index is 655. The molecule has 1 amide bonds. The highest BCUT2D eigenvalue weighted by molar-refractivity contribution is 5.90. The SMILES string of the molecule is COc1ccc2ncnc(N3CC(NC(=O)O)C3)c2c1. The molecule has 1 fully saturated rings. The molecule has 0 spiro atoms. The summed E-state index contributed by atoms with van der Waals surface area (Å²) in [5.41, 5.74) is 0.838. The van der Waals surface area contributed by atoms with E-state index in [1.165, 1.54) is 6.33 Å². The number of nitrogens with zero attached hydrogens (tertiary/aromatic N) is 3. The van der Waals surface area contributed by atoms with E-state index in [0.717, 1.165) is 22.5 Å². The zero-order chi connectivity index (χ0) is 14.1. The minimum absolute atomic E-state index is 0.0527. The van der Waals surface area contributed by atoms with Crippen LogP contribution in [0.5, 0.6) is 5.75 Å². The predicted molar refractivity (Wildman–Crippen MR) is 73.3 cm³/mol. The Morgan fingerprint density at radius 1 is 1.45 bits per heavy atom. The van der Waals surface area contributed by atoms with E-state index in [1.54, 1.807) is 7.11 Å². The van der Waals surface area contributed by atoms with Crippen molar-refractivity contribution in [2.24, 2.45) is 0 Å². The van der Waals surface area contributed by atoms with Crippen molar-refractivity contribution in [2.45, 2.75) is 6.04 Å². The Hall–Kier alpha value is -2.57. The summed E-state index contributed by atoms with van der Waals surface area (Å²) >= 11 is 0. The Morgan fingerprint density at radius 3 is 2.95 bits per heavy atom. The standard InChI is InChI=1S/C13H14N4O3/c1-20-9-2-3-11-10(4-9)12(15-7-14-11)17-5-8(6-17)16-13(18)19/h2-4,7-8,16H,5-6H2,1H3,(H,18,19). The molecule has 1 aliphatic heterocycles. The molecule has 20 heavy (non-hydrogen) atoms. The number of anilines is 1. The van der Waals surface area contributed by atoms with Crippen LogP contribution in [0.4, 0.5) is 10.6 Å². The number of ether oxygens (including phenoxy) is 1. The first kappa shape index (κ1) is 12.5. The molecule has 2 N–H and O–H groups in total. The van der Waals surface area contributed by atoms with Crippen molar-refractivity contribution in [3.05, 3.63) is 24.5 Å². The van der Waals surface area contributed by atoms with Gasteiger partial charge in [-0.15, -0.1) is 0 Å². The number of hydrogen-bond acceptors (Lipinski definition) is 5. The van der Waals surface area contributed by atoms with Gasteiger partial charge < -0.3 is 20.1 Å². The molecule has 104 valence electrons. The average Bonchev–Trinajstić information content (AvgIpc) is 2.41. The summed E-state index contributed by atoms with van der Waals surface area (Å²) in [6.07, 6.45) is 0.520. The van der Waals surface area contributed by atoms with Crippen LogP contribution in [-0.2, 0) is 0 Å². The number of benzene rings is 1. The van der Waals surface area contributed by atoms with E-state index in [9.17, 15) is 4.79 Å². The van der Waals surface area contributed by atoms with E-state index >= 15 is 0 Å². The van der Waals surface area contributed by atoms with Gasteiger partial charge in [0.1, 0.15) is 17.9 Å². The highest BCUT2D eigenvalue weighted by atomic mass is 16.5. The maximum atomic E-state index is 10.6. The molecular weight excluding hydrogens is 260 g/mol. The van der Waals surface area contributed by atoms with Gasteiger partial charge in [-0.25, -0.2) is 14.8 Å². The zero-order valence-corrected chi connectivity index (χ0v) is 10.9. The van der Waals surface area contributed by atoms with Gasteiger partial charge in [-0.05, 0) is 18.2 Å². The molecule has 0 unspecified atom stereocenters. The quantitative estimate of drug-likeness (QED) is 0.871. The molecule has 7 nitrogen and oxygen atoms in total. The van der Waals surface area contributed by atoms with Crippen LogP contribution in [0.1, 0.15) is 0 Å². The van der Waals surface area contributed by atoms with Gasteiger partial charge in [-0.2, -0.15) is 0 Å². The van der Waals surface area contributed by atoms with E-state index in [0.29, 0.717) is 13.1 Å². The lowest BCUT2D eigenvalue weighted by atomic mass is 10.1. The summed E-state index contributed by atoms with van der Waals surface area (Å²) < 4.78 is 5.22. The summed E-state index contributed by atoms with van der Waals surface area (Å²) in [5, 5.41) is 12.0. The number of hydrogen-bond donors (Lipinski definition) is 2. The molecule has 1 aromatic carbocycles. The van der Waals surface area contributed by atoms with Gasteiger partial charge in [-0.1, -0.05) is 0 Å². The van der Waals surface area contributed by atoms with Crippen molar-refractivity contribution >= 4 is 22.8 Å². The number of carbonyl (C=O) groups is 1. The van der Waals surface area contributed by atoms with Crippen molar-refractivity contribution in [3.63, 3.8) is 0 Å². The Morgan fingerprint density at radius 2 is 2.25 bits per heavy atom. The third-order valence-corrected chi connectivity index (χ3v) is 3.33. The molecule has 0 bridgehead atoms. The highest BCUT2D eigenvalue weighted by Crippen LogP contribution is 2.29. The first-order valence-corrected chi connectivity index (χ1v) is 6.20. The molecule has 2 heterocycles. The van der Waals surface area contributed by atoms with Gasteiger partial charge in [0.25, 0.3) is 0 Å². The molecule has 0 atom stereocenters. The summed E-state index contributed by atoms with van der Waals surface area (Å²) in [6, 6.07) is 5.57. The second kappa shape index (κ2) is 4.84. The molecular formula is C13H14N4O3. The maximum absolute atomic E-state index is 10.6. The largest absolute Gasteiger partial charge is 0.497 e. The van der Waals surface area contributed by atoms with Crippen LogP contribution >= 0.6 is 0 Å². The molecule has 3 rings (SSSR count). The van der Waals surface area contributed by atoms with E-state index in [4.69, 9.17) is 9.84 Å². The van der Waals surface area contributed by atoms with Crippen molar-refractivity contribution in [3.8, 4) is 5.75 Å². The monoisotopic (exact) mass is 274 g/mol. The Labute approximate surface area is 115 Å². The van der Waals surface area contributed by atoms with Crippen LogP contribution in [-0.4, -0.2) is 47.4 Å². The second-order valence-corrected chi connectivity index (χ2v) is 4.63. The zero-order valence-electron chi connectivity index (χ0n) is 10.9. The third kappa shape index (κ3) is 2.18. The fourth-order valence-electron chi connectivity index (χ4n) is 2.32. The number of carboxylic acid groups (broad SMARTS) is 1. The highest BCUT2D eigenvalue weighted by Gasteiger charge is 2.30. The lowest BCUT2D eigenvalue weighted by Crippen LogP contribution is -2.59. The van der Waals surface area contributed by atoms with Gasteiger partial charge in [0, 0.05) is 18.5 Å². The number of fused-ring (bicyclic) bond motifs is 1. The number of rotatable bonds is 3. The van der Waals surface area contributed by atoms with Crippen molar-refractivity contribution in [1.29, 1.82) is 0 Å². The van der Waals surface area contributed by atoms with Gasteiger partial charge in [0.05, 0.1) is 18.7 Å². The number of methoxy groups -OCH3 is 1. The van der Waals surface area contributed by atoms with Crippen LogP contribution in [0.2, 0.25) is 0 Å². The van der Waals surface area contributed by atoms with Gasteiger partial charge in [0.2, 0.25) is 0 Å². The first-order valence-electron chi connectivity index (χ1n) is 6.20. The Kier molecular flexibility index (Phi) is 3.02. The van der Waals surface area contributed by atoms with Crippen molar-refractivity contribution < 1.29 is 14.6 Å². The minimum atomic E-state index is -0.996. The Balaban J connectivity index is 1.87. The molecule has 1 aromatic heterocycles. The predicted octanol–water partition coefficient (Wildman–Crippen LogP) is 1.09. The number of aromatic nitrogens is 2. The van der Waals surface area contributed by atoms with Crippen molar-refractivity contribution in [2.75, 3.05) is 25.1 Å². The summed E-state index contributed by atoms with van der Waals surface area (Å²) in [7, 11) is 1.61. The van der Waals surface area contributed by atoms with E-state index < -0.39 is 6.09 Å². The lowest BCUT2D eigenvalue weighted by Gasteiger charge is -2.40.